The number of morpholine rings is 2. The summed E-state index contributed by atoms with van der Waals surface area (Å²) in [7, 11) is -0.0353. The van der Waals surface area contributed by atoms with Gasteiger partial charge in [-0.15, -0.1) is 0 Å². The van der Waals surface area contributed by atoms with E-state index in [1.807, 2.05) is 0 Å². The van der Waals surface area contributed by atoms with Crippen LogP contribution in [0.4, 0.5) is 0 Å². The zero-order valence-corrected chi connectivity index (χ0v) is 19.0. The molecule has 3 aliphatic rings. The Morgan fingerprint density at radius 1 is 0.828 bits per heavy atom. The second-order valence-electron chi connectivity index (χ2n) is 7.71. The molecule has 1 aromatic carbocycles. The quantitative estimate of drug-likeness (QED) is 0.525. The first-order chi connectivity index (χ1) is 14.2. The maximum Gasteiger partial charge on any atom is 0.196 e. The van der Waals surface area contributed by atoms with Gasteiger partial charge in [-0.05, 0) is 19.3 Å². The molecule has 0 spiro atoms. The molecule has 0 bridgehead atoms. The smallest absolute Gasteiger partial charge is 0.196 e. The van der Waals surface area contributed by atoms with Gasteiger partial charge in [0.25, 0.3) is 0 Å². The van der Waals surface area contributed by atoms with Gasteiger partial charge in [-0.1, -0.05) is 30.3 Å². The fourth-order valence-corrected chi connectivity index (χ4v) is 8.45. The lowest BCUT2D eigenvalue weighted by Crippen LogP contribution is -2.48. The van der Waals surface area contributed by atoms with E-state index in [2.05, 4.69) is 56.5 Å². The molecule has 7 nitrogen and oxygen atoms in total. The minimum absolute atomic E-state index is 0.746. The maximum absolute atomic E-state index is 5.95. The molecule has 3 saturated heterocycles. The summed E-state index contributed by atoms with van der Waals surface area (Å²) in [5.74, 6) is 0. The number of rotatable bonds is 3. The first-order valence-electron chi connectivity index (χ1n) is 10.5. The average molecular weight is 438 g/mol. The zero-order chi connectivity index (χ0) is 20.1. The summed E-state index contributed by atoms with van der Waals surface area (Å²) in [5.41, 5.74) is 0. The van der Waals surface area contributed by atoms with E-state index in [1.165, 1.54) is 5.30 Å². The Morgan fingerprint density at radius 3 is 1.86 bits per heavy atom. The van der Waals surface area contributed by atoms with Crippen molar-refractivity contribution in [3.63, 3.8) is 0 Å². The van der Waals surface area contributed by atoms with Crippen LogP contribution in [0.25, 0.3) is 0 Å². The summed E-state index contributed by atoms with van der Waals surface area (Å²) in [5, 5.41) is 2.04. The Morgan fingerprint density at radius 2 is 1.34 bits per heavy atom. The summed E-state index contributed by atoms with van der Waals surface area (Å²) in [6, 6.07) is 10.8. The van der Waals surface area contributed by atoms with Crippen LogP contribution >= 0.6 is 19.6 Å². The van der Waals surface area contributed by atoms with Crippen molar-refractivity contribution in [1.29, 1.82) is 0 Å². The normalized spacial score (nSPS) is 23.1. The van der Waals surface area contributed by atoms with E-state index in [-0.39, 0.29) is 0 Å². The number of nitrogens with zero attached hydrogens (tertiary/aromatic N) is 5. The zero-order valence-electron chi connectivity index (χ0n) is 17.3. The van der Waals surface area contributed by atoms with Gasteiger partial charge in [0.2, 0.25) is 0 Å². The van der Waals surface area contributed by atoms with Crippen LogP contribution in [0.2, 0.25) is 0 Å². The van der Waals surface area contributed by atoms with E-state index in [4.69, 9.17) is 26.4 Å². The Bertz CT molecular complexity index is 708. The SMILES string of the molecule is CN1CCN(C(=S)N=P(c2ccccc2)(N2CCOCC2)N2CCOCC2)CC1. The van der Waals surface area contributed by atoms with Crippen LogP contribution in [0.5, 0.6) is 0 Å². The fourth-order valence-electron chi connectivity index (χ4n) is 4.16. The van der Waals surface area contributed by atoms with Gasteiger partial charge in [-0.3, -0.25) is 0 Å². The lowest BCUT2D eigenvalue weighted by molar-refractivity contribution is 0.0579. The van der Waals surface area contributed by atoms with Crippen LogP contribution < -0.4 is 5.30 Å². The second-order valence-corrected chi connectivity index (χ2v) is 11.1. The van der Waals surface area contributed by atoms with Gasteiger partial charge in [0.1, 0.15) is 7.36 Å². The molecule has 9 heteroatoms. The number of piperazine rings is 1. The van der Waals surface area contributed by atoms with Gasteiger partial charge in [0.05, 0.1) is 26.4 Å². The number of likely N-dealkylation sites (N-methyl/N-ethyl adjacent to an activating group) is 1. The third kappa shape index (κ3) is 4.74. The summed E-state index contributed by atoms with van der Waals surface area (Å²) in [4.78, 5) is 4.64. The third-order valence-corrected chi connectivity index (χ3v) is 10.2. The van der Waals surface area contributed by atoms with E-state index in [9.17, 15) is 0 Å². The number of thiocarbonyl (C=S) groups is 1. The highest BCUT2D eigenvalue weighted by atomic mass is 32.1. The number of hydrogen-bond acceptors (Lipinski definition) is 4. The van der Waals surface area contributed by atoms with E-state index < -0.39 is 7.36 Å². The van der Waals surface area contributed by atoms with Gasteiger partial charge in [0.15, 0.2) is 5.11 Å². The largest absolute Gasteiger partial charge is 0.379 e. The standard InChI is InChI=1S/C20H32N5O2PS/c1-22-7-9-23(10-8-22)20(29)21-28(19-5-3-2-4-6-19,24-11-15-26-16-12-24)25-13-17-27-18-14-25/h2-6H,7-18H2,1H3. The van der Waals surface area contributed by atoms with E-state index in [0.29, 0.717) is 0 Å². The Balaban J connectivity index is 1.78. The van der Waals surface area contributed by atoms with Crippen molar-refractivity contribution in [3.05, 3.63) is 30.3 Å². The molecule has 3 heterocycles. The monoisotopic (exact) mass is 437 g/mol. The topological polar surface area (TPSA) is 43.8 Å². The van der Waals surface area contributed by atoms with Gasteiger partial charge in [0, 0.05) is 57.7 Å². The van der Waals surface area contributed by atoms with Gasteiger partial charge >= 0.3 is 0 Å². The predicted octanol–water partition coefficient (Wildman–Crippen LogP) is 1.54. The fraction of sp³-hybridized carbons (Fsp3) is 0.650. The summed E-state index contributed by atoms with van der Waals surface area (Å²) >= 11 is 5.95. The van der Waals surface area contributed by atoms with Crippen molar-refractivity contribution in [2.45, 2.75) is 0 Å². The lowest BCUT2D eigenvalue weighted by atomic mass is 10.3. The highest BCUT2D eigenvalue weighted by molar-refractivity contribution is 7.81. The molecule has 0 aliphatic carbocycles. The van der Waals surface area contributed by atoms with Crippen molar-refractivity contribution in [2.75, 3.05) is 85.8 Å². The molecule has 0 aromatic heterocycles. The van der Waals surface area contributed by atoms with E-state index in [0.717, 1.165) is 83.9 Å². The molecule has 0 atom stereocenters. The van der Waals surface area contributed by atoms with Crippen LogP contribution in [0.3, 0.4) is 0 Å². The molecule has 4 rings (SSSR count). The van der Waals surface area contributed by atoms with Gasteiger partial charge < -0.3 is 19.3 Å². The Kier molecular flexibility index (Phi) is 7.34. The number of ether oxygens (including phenoxy) is 2. The number of hydrogen-bond donors (Lipinski definition) is 0. The minimum atomic E-state index is -2.20. The highest BCUT2D eigenvalue weighted by Gasteiger charge is 2.39. The van der Waals surface area contributed by atoms with Gasteiger partial charge in [-0.25, -0.2) is 14.1 Å². The molecule has 3 fully saturated rings. The maximum atomic E-state index is 5.95. The molecule has 1 aromatic rings. The predicted molar refractivity (Wildman–Crippen MR) is 122 cm³/mol. The van der Waals surface area contributed by atoms with Crippen molar-refractivity contribution >= 4 is 30.0 Å². The van der Waals surface area contributed by atoms with E-state index in [1.54, 1.807) is 0 Å². The lowest BCUT2D eigenvalue weighted by Gasteiger charge is -2.47. The molecule has 0 saturated carbocycles. The van der Waals surface area contributed by atoms with Crippen molar-refractivity contribution in [2.24, 2.45) is 4.74 Å². The Hall–Kier alpha value is -0.860. The average Bonchev–Trinajstić information content (AvgIpc) is 2.79. The number of benzene rings is 1. The summed E-state index contributed by atoms with van der Waals surface area (Å²) < 4.78 is 22.0. The van der Waals surface area contributed by atoms with Crippen LogP contribution in [0, 0.1) is 0 Å². The first kappa shape index (κ1) is 21.4. The third-order valence-electron chi connectivity index (χ3n) is 5.87. The van der Waals surface area contributed by atoms with Crippen LogP contribution in [0.15, 0.2) is 35.1 Å². The highest BCUT2D eigenvalue weighted by Crippen LogP contribution is 2.56. The minimum Gasteiger partial charge on any atom is -0.379 e. The molecule has 160 valence electrons. The molecule has 0 radical (unpaired) electrons. The van der Waals surface area contributed by atoms with Crippen LogP contribution in [0.1, 0.15) is 0 Å². The van der Waals surface area contributed by atoms with Crippen LogP contribution in [-0.2, 0) is 9.47 Å². The molecule has 0 N–H and O–H groups in total. The second kappa shape index (κ2) is 9.96. The van der Waals surface area contributed by atoms with Crippen molar-refractivity contribution < 1.29 is 9.47 Å². The Labute approximate surface area is 179 Å². The van der Waals surface area contributed by atoms with Crippen molar-refractivity contribution in [3.8, 4) is 0 Å². The molecule has 29 heavy (non-hydrogen) atoms. The summed E-state index contributed by atoms with van der Waals surface area (Å²) in [6.07, 6.45) is 0. The molecular formula is C20H32N5O2PS. The molecule has 0 unspecified atom stereocenters. The molecular weight excluding hydrogens is 405 g/mol. The van der Waals surface area contributed by atoms with Gasteiger partial charge in [-0.2, -0.15) is 0 Å². The summed E-state index contributed by atoms with van der Waals surface area (Å²) in [6.45, 7) is 10.5. The van der Waals surface area contributed by atoms with Crippen LogP contribution in [-0.4, -0.2) is 110 Å². The molecule has 0 amide bonds. The van der Waals surface area contributed by atoms with E-state index >= 15 is 0 Å². The first-order valence-corrected chi connectivity index (χ1v) is 12.6. The molecule has 3 aliphatic heterocycles. The van der Waals surface area contributed by atoms with Crippen molar-refractivity contribution in [1.82, 2.24) is 19.1 Å².